The molecule has 0 saturated heterocycles. The van der Waals surface area contributed by atoms with Crippen molar-refractivity contribution >= 4 is 31.7 Å². The number of aromatic carboxylic acids is 1. The van der Waals surface area contributed by atoms with Crippen molar-refractivity contribution in [3.63, 3.8) is 0 Å². The van der Waals surface area contributed by atoms with Crippen LogP contribution in [0.15, 0.2) is 29.2 Å². The first-order valence-corrected chi connectivity index (χ1v) is 6.37. The number of carboxylic acids is 1. The first kappa shape index (κ1) is 11.2. The second kappa shape index (κ2) is 4.10. The van der Waals surface area contributed by atoms with Crippen molar-refractivity contribution in [3.8, 4) is 0 Å². The number of carbonyl (C=O) groups is 1. The molecule has 1 rings (SSSR count). The number of alkyl halides is 1. The smallest absolute Gasteiger partial charge is 0.335 e. The first-order valence-electron chi connectivity index (χ1n) is 3.59. The van der Waals surface area contributed by atoms with E-state index in [0.29, 0.717) is 0 Å². The molecule has 1 aromatic rings. The maximum atomic E-state index is 11.3. The van der Waals surface area contributed by atoms with E-state index in [1.807, 2.05) is 0 Å². The number of halogens is 1. The van der Waals surface area contributed by atoms with E-state index in [9.17, 15) is 13.2 Å². The summed E-state index contributed by atoms with van der Waals surface area (Å²) in [5.41, 5.74) is -0.0352. The average Bonchev–Trinajstić information content (AvgIpc) is 2.18. The second-order valence-electron chi connectivity index (χ2n) is 2.56. The summed E-state index contributed by atoms with van der Waals surface area (Å²) in [5.74, 6) is -1.14. The van der Waals surface area contributed by atoms with Gasteiger partial charge >= 0.3 is 5.97 Å². The molecule has 1 aromatic carbocycles. The fraction of sp³-hybridized carbons (Fsp3) is 0.125. The Morgan fingerprint density at radius 1 is 1.43 bits per heavy atom. The number of carboxylic acid groups (broad SMARTS) is 1. The Morgan fingerprint density at radius 2 is 2.07 bits per heavy atom. The third-order valence-corrected chi connectivity index (χ3v) is 4.65. The summed E-state index contributed by atoms with van der Waals surface area (Å²) in [6.07, 6.45) is 0. The van der Waals surface area contributed by atoms with Gasteiger partial charge in [-0.25, -0.2) is 13.2 Å². The number of sulfone groups is 1. The second-order valence-corrected chi connectivity index (χ2v) is 5.85. The minimum atomic E-state index is -3.40. The SMILES string of the molecule is O=C(O)c1cccc(S(=O)(=O)CBr)c1. The molecule has 0 unspecified atom stereocenters. The van der Waals surface area contributed by atoms with E-state index in [1.165, 1.54) is 18.2 Å². The molecule has 4 nitrogen and oxygen atoms in total. The molecule has 0 bridgehead atoms. The molecule has 0 saturated carbocycles. The molecule has 0 aromatic heterocycles. The average molecular weight is 279 g/mol. The number of rotatable bonds is 3. The third-order valence-electron chi connectivity index (χ3n) is 1.58. The summed E-state index contributed by atoms with van der Waals surface area (Å²) in [7, 11) is -3.40. The van der Waals surface area contributed by atoms with Gasteiger partial charge in [0.05, 0.1) is 10.5 Å². The Labute approximate surface area is 89.6 Å². The van der Waals surface area contributed by atoms with Gasteiger partial charge in [0.2, 0.25) is 0 Å². The first-order chi connectivity index (χ1) is 6.47. The Hall–Kier alpha value is -0.880. The Bertz CT molecular complexity index is 452. The number of hydrogen-bond donors (Lipinski definition) is 1. The summed E-state index contributed by atoms with van der Waals surface area (Å²) in [6.45, 7) is 0. The zero-order valence-corrected chi connectivity index (χ0v) is 9.38. The molecule has 0 fully saturated rings. The molecule has 0 aliphatic carbocycles. The summed E-state index contributed by atoms with van der Waals surface area (Å²) < 4.78 is 22.5. The summed E-state index contributed by atoms with van der Waals surface area (Å²) in [5, 5.41) is 8.64. The highest BCUT2D eigenvalue weighted by Crippen LogP contribution is 2.14. The molecule has 0 heterocycles. The molecule has 0 aliphatic heterocycles. The zero-order valence-electron chi connectivity index (χ0n) is 6.97. The highest BCUT2D eigenvalue weighted by Gasteiger charge is 2.14. The monoisotopic (exact) mass is 278 g/mol. The van der Waals surface area contributed by atoms with Crippen LogP contribution < -0.4 is 0 Å². The van der Waals surface area contributed by atoms with Gasteiger partial charge in [-0.05, 0) is 18.2 Å². The molecule has 0 atom stereocenters. The normalized spacial score (nSPS) is 11.2. The van der Waals surface area contributed by atoms with Gasteiger partial charge in [-0.3, -0.25) is 0 Å². The van der Waals surface area contributed by atoms with Crippen LogP contribution in [0.2, 0.25) is 0 Å². The van der Waals surface area contributed by atoms with Crippen LogP contribution in [0.4, 0.5) is 0 Å². The van der Waals surface area contributed by atoms with Crippen molar-refractivity contribution in [3.05, 3.63) is 29.8 Å². The van der Waals surface area contributed by atoms with Crippen molar-refractivity contribution in [1.29, 1.82) is 0 Å². The minimum Gasteiger partial charge on any atom is -0.478 e. The predicted octanol–water partition coefficient (Wildman–Crippen LogP) is 1.51. The van der Waals surface area contributed by atoms with Crippen LogP contribution in [0.1, 0.15) is 10.4 Å². The van der Waals surface area contributed by atoms with Crippen LogP contribution >= 0.6 is 15.9 Å². The zero-order chi connectivity index (χ0) is 10.8. The highest BCUT2D eigenvalue weighted by molar-refractivity contribution is 9.10. The molecule has 0 amide bonds. The number of hydrogen-bond acceptors (Lipinski definition) is 3. The van der Waals surface area contributed by atoms with Crippen molar-refractivity contribution in [1.82, 2.24) is 0 Å². The summed E-state index contributed by atoms with van der Waals surface area (Å²) in [4.78, 5) is 10.6. The van der Waals surface area contributed by atoms with Gasteiger partial charge in [0, 0.05) is 0 Å². The van der Waals surface area contributed by atoms with Gasteiger partial charge in [-0.2, -0.15) is 0 Å². The molecule has 0 spiro atoms. The van der Waals surface area contributed by atoms with Crippen LogP contribution in [0.5, 0.6) is 0 Å². The van der Waals surface area contributed by atoms with E-state index >= 15 is 0 Å². The lowest BCUT2D eigenvalue weighted by Gasteiger charge is -2.00. The van der Waals surface area contributed by atoms with Crippen LogP contribution in [0, 0.1) is 0 Å². The standard InChI is InChI=1S/C8H7BrO4S/c9-5-14(12,13)7-3-1-2-6(4-7)8(10)11/h1-4H,5H2,(H,10,11). The summed E-state index contributed by atoms with van der Waals surface area (Å²) >= 11 is 2.83. The molecule has 14 heavy (non-hydrogen) atoms. The van der Waals surface area contributed by atoms with Gasteiger partial charge in [0.25, 0.3) is 0 Å². The van der Waals surface area contributed by atoms with E-state index in [0.717, 1.165) is 6.07 Å². The molecule has 0 aliphatic rings. The van der Waals surface area contributed by atoms with Gasteiger partial charge < -0.3 is 5.11 Å². The number of benzene rings is 1. The van der Waals surface area contributed by atoms with Crippen molar-refractivity contribution in [2.75, 3.05) is 4.66 Å². The van der Waals surface area contributed by atoms with Crippen LogP contribution in [-0.2, 0) is 9.84 Å². The van der Waals surface area contributed by atoms with Crippen molar-refractivity contribution in [2.45, 2.75) is 4.90 Å². The Balaban J connectivity index is 3.26. The lowest BCUT2D eigenvalue weighted by molar-refractivity contribution is 0.0696. The molecule has 0 radical (unpaired) electrons. The quantitative estimate of drug-likeness (QED) is 0.851. The van der Waals surface area contributed by atoms with Gasteiger partial charge in [-0.1, -0.05) is 22.0 Å². The van der Waals surface area contributed by atoms with Gasteiger partial charge in [0.15, 0.2) is 9.84 Å². The van der Waals surface area contributed by atoms with Crippen LogP contribution in [-0.4, -0.2) is 24.2 Å². The van der Waals surface area contributed by atoms with E-state index in [-0.39, 0.29) is 15.1 Å². The Kier molecular flexibility index (Phi) is 3.28. The lowest BCUT2D eigenvalue weighted by Crippen LogP contribution is -2.04. The van der Waals surface area contributed by atoms with E-state index in [2.05, 4.69) is 15.9 Å². The van der Waals surface area contributed by atoms with Gasteiger partial charge in [0.1, 0.15) is 4.66 Å². The topological polar surface area (TPSA) is 71.4 Å². The van der Waals surface area contributed by atoms with Gasteiger partial charge in [-0.15, -0.1) is 0 Å². The van der Waals surface area contributed by atoms with E-state index in [4.69, 9.17) is 5.11 Å². The van der Waals surface area contributed by atoms with E-state index < -0.39 is 15.8 Å². The molecule has 76 valence electrons. The molecule has 1 N–H and O–H groups in total. The summed E-state index contributed by atoms with van der Waals surface area (Å²) in [6, 6.07) is 5.25. The maximum Gasteiger partial charge on any atom is 0.335 e. The van der Waals surface area contributed by atoms with Crippen molar-refractivity contribution in [2.24, 2.45) is 0 Å². The Morgan fingerprint density at radius 3 is 2.57 bits per heavy atom. The fourth-order valence-corrected chi connectivity index (χ4v) is 2.40. The van der Waals surface area contributed by atoms with Crippen LogP contribution in [0.25, 0.3) is 0 Å². The van der Waals surface area contributed by atoms with Crippen LogP contribution in [0.3, 0.4) is 0 Å². The fourth-order valence-electron chi connectivity index (χ4n) is 0.886. The molecular formula is C8H7BrO4S. The van der Waals surface area contributed by atoms with Crippen molar-refractivity contribution < 1.29 is 18.3 Å². The third kappa shape index (κ3) is 2.33. The minimum absolute atomic E-state index is 0.00859. The predicted molar refractivity (Wildman–Crippen MR) is 54.4 cm³/mol. The molecular weight excluding hydrogens is 272 g/mol. The largest absolute Gasteiger partial charge is 0.478 e. The van der Waals surface area contributed by atoms with E-state index in [1.54, 1.807) is 0 Å². The lowest BCUT2D eigenvalue weighted by atomic mass is 10.2. The maximum absolute atomic E-state index is 11.3. The highest BCUT2D eigenvalue weighted by atomic mass is 79.9. The molecule has 6 heteroatoms.